The van der Waals surface area contributed by atoms with E-state index < -0.39 is 0 Å². The Morgan fingerprint density at radius 1 is 1.38 bits per heavy atom. The molecule has 0 aromatic carbocycles. The number of piperidine rings is 1. The molecule has 0 aliphatic carbocycles. The van der Waals surface area contributed by atoms with Crippen LogP contribution in [-0.4, -0.2) is 50.2 Å². The van der Waals surface area contributed by atoms with E-state index in [0.717, 1.165) is 39.0 Å². The first-order chi connectivity index (χ1) is 7.79. The van der Waals surface area contributed by atoms with E-state index in [2.05, 4.69) is 5.32 Å². The highest BCUT2D eigenvalue weighted by Crippen LogP contribution is 2.18. The van der Waals surface area contributed by atoms with E-state index >= 15 is 0 Å². The van der Waals surface area contributed by atoms with Crippen molar-refractivity contribution in [2.75, 3.05) is 33.4 Å². The minimum atomic E-state index is 0.0978. The molecule has 0 radical (unpaired) electrons. The van der Waals surface area contributed by atoms with Crippen molar-refractivity contribution in [1.82, 2.24) is 10.2 Å². The third-order valence-corrected chi connectivity index (χ3v) is 3.68. The summed E-state index contributed by atoms with van der Waals surface area (Å²) in [5.74, 6) is 0.370. The van der Waals surface area contributed by atoms with Crippen LogP contribution in [0, 0.1) is 5.92 Å². The average molecular weight is 226 g/mol. The molecule has 0 spiro atoms. The van der Waals surface area contributed by atoms with Crippen LogP contribution in [0.2, 0.25) is 0 Å². The van der Waals surface area contributed by atoms with Gasteiger partial charge in [0.15, 0.2) is 0 Å². The van der Waals surface area contributed by atoms with Crippen LogP contribution < -0.4 is 5.32 Å². The van der Waals surface area contributed by atoms with Gasteiger partial charge < -0.3 is 15.0 Å². The van der Waals surface area contributed by atoms with Gasteiger partial charge in [0, 0.05) is 26.2 Å². The Labute approximate surface area is 97.3 Å². The molecule has 0 saturated carbocycles. The lowest BCUT2D eigenvalue weighted by molar-refractivity contribution is -0.140. The molecule has 1 amide bonds. The number of amides is 1. The molecule has 2 saturated heterocycles. The Morgan fingerprint density at radius 3 is 2.88 bits per heavy atom. The molecule has 92 valence electrons. The number of nitrogens with one attached hydrogen (secondary N) is 1. The number of nitrogens with zero attached hydrogens (tertiary/aromatic N) is 1. The number of hydrogen-bond acceptors (Lipinski definition) is 3. The Kier molecular flexibility index (Phi) is 4.18. The molecule has 1 unspecified atom stereocenters. The standard InChI is InChI=1S/C12H22N2O2/c1-14(11-5-2-6-13-8-11)12(15)10-4-3-7-16-9-10/h10-11,13H,2-9H2,1H3/t10?,11-/m0/s1. The van der Waals surface area contributed by atoms with Crippen LogP contribution in [0.5, 0.6) is 0 Å². The average Bonchev–Trinajstić information content (AvgIpc) is 2.39. The van der Waals surface area contributed by atoms with Gasteiger partial charge in [0.1, 0.15) is 0 Å². The fourth-order valence-electron chi connectivity index (χ4n) is 2.57. The first kappa shape index (κ1) is 11.9. The predicted molar refractivity (Wildman–Crippen MR) is 62.2 cm³/mol. The lowest BCUT2D eigenvalue weighted by atomic mass is 9.98. The smallest absolute Gasteiger partial charge is 0.228 e. The minimum Gasteiger partial charge on any atom is -0.381 e. The molecule has 1 N–H and O–H groups in total. The molecule has 16 heavy (non-hydrogen) atoms. The molecule has 0 aromatic heterocycles. The first-order valence-electron chi connectivity index (χ1n) is 6.34. The summed E-state index contributed by atoms with van der Waals surface area (Å²) in [6, 6.07) is 0.378. The van der Waals surface area contributed by atoms with Crippen molar-refractivity contribution >= 4 is 5.91 Å². The van der Waals surface area contributed by atoms with E-state index in [9.17, 15) is 4.79 Å². The van der Waals surface area contributed by atoms with Crippen LogP contribution in [-0.2, 0) is 9.53 Å². The quantitative estimate of drug-likeness (QED) is 0.750. The van der Waals surface area contributed by atoms with Gasteiger partial charge in [0.2, 0.25) is 5.91 Å². The van der Waals surface area contributed by atoms with E-state index in [4.69, 9.17) is 4.74 Å². The SMILES string of the molecule is CN(C(=O)C1CCCOC1)[C@H]1CCCNC1. The molecule has 2 aliphatic rings. The van der Waals surface area contributed by atoms with Crippen molar-refractivity contribution < 1.29 is 9.53 Å². The van der Waals surface area contributed by atoms with Crippen molar-refractivity contribution in [3.63, 3.8) is 0 Å². The Bertz CT molecular complexity index is 233. The second-order valence-corrected chi connectivity index (χ2v) is 4.86. The highest BCUT2D eigenvalue weighted by atomic mass is 16.5. The first-order valence-corrected chi connectivity index (χ1v) is 6.34. The number of carbonyl (C=O) groups is 1. The van der Waals surface area contributed by atoms with Crippen LogP contribution in [0.4, 0.5) is 0 Å². The maximum atomic E-state index is 12.2. The number of carbonyl (C=O) groups excluding carboxylic acids is 1. The zero-order valence-electron chi connectivity index (χ0n) is 10.1. The van der Waals surface area contributed by atoms with Gasteiger partial charge in [-0.25, -0.2) is 0 Å². The molecule has 2 atom stereocenters. The predicted octanol–water partition coefficient (Wildman–Crippen LogP) is 0.623. The van der Waals surface area contributed by atoms with Gasteiger partial charge in [0.25, 0.3) is 0 Å². The van der Waals surface area contributed by atoms with Crippen molar-refractivity contribution in [2.45, 2.75) is 31.7 Å². The van der Waals surface area contributed by atoms with Crippen molar-refractivity contribution in [2.24, 2.45) is 5.92 Å². The number of likely N-dealkylation sites (N-methyl/N-ethyl adjacent to an activating group) is 1. The van der Waals surface area contributed by atoms with Gasteiger partial charge in [-0.15, -0.1) is 0 Å². The maximum absolute atomic E-state index is 12.2. The molecule has 0 aromatic rings. The highest BCUT2D eigenvalue weighted by molar-refractivity contribution is 5.79. The van der Waals surface area contributed by atoms with Crippen molar-refractivity contribution in [3.8, 4) is 0 Å². The van der Waals surface area contributed by atoms with Crippen LogP contribution in [0.3, 0.4) is 0 Å². The molecule has 2 aliphatic heterocycles. The summed E-state index contributed by atoms with van der Waals surface area (Å²) in [6.07, 6.45) is 4.31. The summed E-state index contributed by atoms with van der Waals surface area (Å²) >= 11 is 0. The summed E-state index contributed by atoms with van der Waals surface area (Å²) in [5, 5.41) is 3.35. The Balaban J connectivity index is 1.86. The van der Waals surface area contributed by atoms with Gasteiger partial charge in [-0.3, -0.25) is 4.79 Å². The monoisotopic (exact) mass is 226 g/mol. The van der Waals surface area contributed by atoms with Crippen LogP contribution in [0.15, 0.2) is 0 Å². The highest BCUT2D eigenvalue weighted by Gasteiger charge is 2.29. The van der Waals surface area contributed by atoms with Crippen molar-refractivity contribution in [1.29, 1.82) is 0 Å². The Hall–Kier alpha value is -0.610. The fraction of sp³-hybridized carbons (Fsp3) is 0.917. The van der Waals surface area contributed by atoms with Gasteiger partial charge in [-0.1, -0.05) is 0 Å². The summed E-state index contributed by atoms with van der Waals surface area (Å²) in [4.78, 5) is 14.2. The molecular weight excluding hydrogens is 204 g/mol. The molecule has 2 rings (SSSR count). The van der Waals surface area contributed by atoms with Gasteiger partial charge in [0.05, 0.1) is 12.5 Å². The van der Waals surface area contributed by atoms with E-state index in [0.29, 0.717) is 12.6 Å². The van der Waals surface area contributed by atoms with E-state index in [1.54, 1.807) is 0 Å². The third kappa shape index (κ3) is 2.74. The number of rotatable bonds is 2. The lowest BCUT2D eigenvalue weighted by Crippen LogP contribution is -2.49. The molecule has 4 heteroatoms. The molecule has 4 nitrogen and oxygen atoms in total. The zero-order chi connectivity index (χ0) is 11.4. The van der Waals surface area contributed by atoms with Crippen LogP contribution >= 0.6 is 0 Å². The molecule has 2 heterocycles. The Morgan fingerprint density at radius 2 is 2.25 bits per heavy atom. The van der Waals surface area contributed by atoms with Crippen molar-refractivity contribution in [3.05, 3.63) is 0 Å². The normalized spacial score (nSPS) is 31.1. The number of ether oxygens (including phenoxy) is 1. The minimum absolute atomic E-state index is 0.0978. The van der Waals surface area contributed by atoms with Gasteiger partial charge in [-0.2, -0.15) is 0 Å². The largest absolute Gasteiger partial charge is 0.381 e. The maximum Gasteiger partial charge on any atom is 0.228 e. The van der Waals surface area contributed by atoms with E-state index in [1.807, 2.05) is 11.9 Å². The third-order valence-electron chi connectivity index (χ3n) is 3.68. The van der Waals surface area contributed by atoms with Crippen LogP contribution in [0.25, 0.3) is 0 Å². The van der Waals surface area contributed by atoms with Crippen LogP contribution in [0.1, 0.15) is 25.7 Å². The fourth-order valence-corrected chi connectivity index (χ4v) is 2.57. The number of hydrogen-bond donors (Lipinski definition) is 1. The topological polar surface area (TPSA) is 41.6 Å². The molecule has 0 bridgehead atoms. The van der Waals surface area contributed by atoms with Gasteiger partial charge >= 0.3 is 0 Å². The molecule has 2 fully saturated rings. The molecular formula is C12H22N2O2. The second-order valence-electron chi connectivity index (χ2n) is 4.86. The summed E-state index contributed by atoms with van der Waals surface area (Å²) in [5.41, 5.74) is 0. The summed E-state index contributed by atoms with van der Waals surface area (Å²) in [7, 11) is 1.94. The van der Waals surface area contributed by atoms with E-state index in [1.165, 1.54) is 6.42 Å². The second kappa shape index (κ2) is 5.64. The summed E-state index contributed by atoms with van der Waals surface area (Å²) < 4.78 is 5.38. The summed E-state index contributed by atoms with van der Waals surface area (Å²) in [6.45, 7) is 3.46. The van der Waals surface area contributed by atoms with E-state index in [-0.39, 0.29) is 11.8 Å². The zero-order valence-corrected chi connectivity index (χ0v) is 10.1. The lowest BCUT2D eigenvalue weighted by Gasteiger charge is -2.34. The van der Waals surface area contributed by atoms with Gasteiger partial charge in [-0.05, 0) is 32.2 Å².